The number of rotatable bonds is 1. The van der Waals surface area contributed by atoms with Crippen molar-refractivity contribution in [2.24, 2.45) is 7.05 Å². The number of hydrogen-bond donors (Lipinski definition) is 1. The minimum Gasteiger partial charge on any atom is -0.275 e. The Balaban J connectivity index is 2.31. The Morgan fingerprint density at radius 1 is 1.50 bits per heavy atom. The van der Waals surface area contributed by atoms with Crippen molar-refractivity contribution in [2.75, 3.05) is 0 Å². The molecule has 0 aromatic carbocycles. The first-order valence-corrected chi connectivity index (χ1v) is 4.81. The Bertz CT molecular complexity index is 319. The Morgan fingerprint density at radius 3 is 2.67 bits per heavy atom. The van der Waals surface area contributed by atoms with E-state index < -0.39 is 0 Å². The predicted octanol–water partition coefficient (Wildman–Crippen LogP) is 2.14. The third kappa shape index (κ3) is 1.31. The first kappa shape index (κ1) is 7.98. The van der Waals surface area contributed by atoms with Crippen LogP contribution < -0.4 is 0 Å². The molecule has 0 atom stereocenters. The second-order valence-electron chi connectivity index (χ2n) is 3.43. The second kappa shape index (κ2) is 3.01. The summed E-state index contributed by atoms with van der Waals surface area (Å²) in [7, 11) is 1.98. The lowest BCUT2D eigenvalue weighted by Crippen LogP contribution is -2.03. The molecule has 0 bridgehead atoms. The molecule has 1 aromatic rings. The molecule has 1 N–H and O–H groups in total. The van der Waals surface area contributed by atoms with Crippen LogP contribution in [0.25, 0.3) is 0 Å². The SMILES string of the molecule is Cn1[nH]c(=S)nc1C1CCCC1. The van der Waals surface area contributed by atoms with Gasteiger partial charge in [0.25, 0.3) is 0 Å². The summed E-state index contributed by atoms with van der Waals surface area (Å²) in [6.07, 6.45) is 5.22. The highest BCUT2D eigenvalue weighted by atomic mass is 32.1. The molecule has 1 aliphatic carbocycles. The van der Waals surface area contributed by atoms with Crippen molar-refractivity contribution in [3.63, 3.8) is 0 Å². The molecule has 0 aliphatic heterocycles. The van der Waals surface area contributed by atoms with Crippen LogP contribution in [0.2, 0.25) is 0 Å². The quantitative estimate of drug-likeness (QED) is 0.677. The van der Waals surface area contributed by atoms with Crippen LogP contribution in [0.4, 0.5) is 0 Å². The van der Waals surface area contributed by atoms with Crippen molar-refractivity contribution in [1.82, 2.24) is 14.8 Å². The number of aromatic amines is 1. The van der Waals surface area contributed by atoms with Gasteiger partial charge in [0.1, 0.15) is 5.82 Å². The van der Waals surface area contributed by atoms with E-state index in [0.717, 1.165) is 5.82 Å². The molecular weight excluding hydrogens is 170 g/mol. The van der Waals surface area contributed by atoms with Crippen molar-refractivity contribution < 1.29 is 0 Å². The largest absolute Gasteiger partial charge is 0.275 e. The summed E-state index contributed by atoms with van der Waals surface area (Å²) in [6.45, 7) is 0. The van der Waals surface area contributed by atoms with E-state index in [1.807, 2.05) is 11.7 Å². The van der Waals surface area contributed by atoms with Crippen LogP contribution in [0.15, 0.2) is 0 Å². The highest BCUT2D eigenvalue weighted by molar-refractivity contribution is 7.71. The van der Waals surface area contributed by atoms with Crippen LogP contribution in [0.3, 0.4) is 0 Å². The van der Waals surface area contributed by atoms with E-state index in [9.17, 15) is 0 Å². The molecule has 0 radical (unpaired) electrons. The molecule has 0 saturated heterocycles. The van der Waals surface area contributed by atoms with Crippen LogP contribution in [-0.2, 0) is 7.05 Å². The highest BCUT2D eigenvalue weighted by Crippen LogP contribution is 2.32. The molecule has 1 fully saturated rings. The van der Waals surface area contributed by atoms with Crippen molar-refractivity contribution >= 4 is 12.2 Å². The average molecular weight is 183 g/mol. The van der Waals surface area contributed by atoms with Gasteiger partial charge in [0.15, 0.2) is 0 Å². The zero-order valence-corrected chi connectivity index (χ0v) is 8.02. The number of hydrogen-bond acceptors (Lipinski definition) is 2. The van der Waals surface area contributed by atoms with E-state index >= 15 is 0 Å². The third-order valence-corrected chi connectivity index (χ3v) is 2.73. The van der Waals surface area contributed by atoms with Crippen LogP contribution in [0, 0.1) is 4.77 Å². The van der Waals surface area contributed by atoms with Crippen molar-refractivity contribution in [1.29, 1.82) is 0 Å². The lowest BCUT2D eigenvalue weighted by Gasteiger charge is -2.06. The fraction of sp³-hybridized carbons (Fsp3) is 0.750. The molecule has 0 unspecified atom stereocenters. The Labute approximate surface area is 76.8 Å². The van der Waals surface area contributed by atoms with Crippen molar-refractivity contribution in [2.45, 2.75) is 31.6 Å². The lowest BCUT2D eigenvalue weighted by molar-refractivity contribution is 0.601. The van der Waals surface area contributed by atoms with Gasteiger partial charge in [-0.25, -0.2) is 4.98 Å². The van der Waals surface area contributed by atoms with Gasteiger partial charge in [-0.2, -0.15) is 0 Å². The maximum absolute atomic E-state index is 4.97. The molecule has 4 heteroatoms. The number of nitrogens with one attached hydrogen (secondary N) is 1. The van der Waals surface area contributed by atoms with Gasteiger partial charge < -0.3 is 0 Å². The van der Waals surface area contributed by atoms with Gasteiger partial charge >= 0.3 is 0 Å². The maximum atomic E-state index is 4.97. The topological polar surface area (TPSA) is 33.6 Å². The van der Waals surface area contributed by atoms with Crippen LogP contribution in [0.1, 0.15) is 37.4 Å². The van der Waals surface area contributed by atoms with E-state index in [2.05, 4.69) is 10.1 Å². The minimum absolute atomic E-state index is 0.611. The van der Waals surface area contributed by atoms with Gasteiger partial charge in [-0.15, -0.1) is 0 Å². The van der Waals surface area contributed by atoms with Gasteiger partial charge in [-0.3, -0.25) is 9.78 Å². The summed E-state index contributed by atoms with van der Waals surface area (Å²) >= 11 is 4.97. The first-order valence-electron chi connectivity index (χ1n) is 4.40. The predicted molar refractivity (Wildman–Crippen MR) is 49.6 cm³/mol. The number of H-pyrrole nitrogens is 1. The summed E-state index contributed by atoms with van der Waals surface area (Å²) in [6, 6.07) is 0. The van der Waals surface area contributed by atoms with Crippen molar-refractivity contribution in [3.8, 4) is 0 Å². The summed E-state index contributed by atoms with van der Waals surface area (Å²) < 4.78 is 2.57. The molecule has 0 amide bonds. The molecule has 2 rings (SSSR count). The van der Waals surface area contributed by atoms with Crippen LogP contribution >= 0.6 is 12.2 Å². The van der Waals surface area contributed by atoms with E-state index in [-0.39, 0.29) is 0 Å². The number of aryl methyl sites for hydroxylation is 1. The zero-order valence-electron chi connectivity index (χ0n) is 7.21. The maximum Gasteiger partial charge on any atom is 0.213 e. The van der Waals surface area contributed by atoms with Crippen LogP contribution in [0.5, 0.6) is 0 Å². The normalized spacial score (nSPS) is 18.8. The van der Waals surface area contributed by atoms with Crippen molar-refractivity contribution in [3.05, 3.63) is 10.6 Å². The standard InChI is InChI=1S/C8H13N3S/c1-11-7(9-8(12)10-11)6-4-2-3-5-6/h6H,2-5H2,1H3,(H,10,12). The van der Waals surface area contributed by atoms with Gasteiger partial charge in [-0.1, -0.05) is 12.8 Å². The molecule has 0 spiro atoms. The van der Waals surface area contributed by atoms with E-state index in [0.29, 0.717) is 10.7 Å². The molecule has 12 heavy (non-hydrogen) atoms. The third-order valence-electron chi connectivity index (χ3n) is 2.54. The van der Waals surface area contributed by atoms with Gasteiger partial charge in [0.2, 0.25) is 4.77 Å². The van der Waals surface area contributed by atoms with Gasteiger partial charge in [-0.05, 0) is 25.1 Å². The Hall–Kier alpha value is -0.640. The molecular formula is C8H13N3S. The molecule has 3 nitrogen and oxygen atoms in total. The fourth-order valence-electron chi connectivity index (χ4n) is 1.95. The average Bonchev–Trinajstić information content (AvgIpc) is 2.58. The monoisotopic (exact) mass is 183 g/mol. The second-order valence-corrected chi connectivity index (χ2v) is 3.81. The zero-order chi connectivity index (χ0) is 8.55. The molecule has 1 aromatic heterocycles. The van der Waals surface area contributed by atoms with Gasteiger partial charge in [0, 0.05) is 13.0 Å². The lowest BCUT2D eigenvalue weighted by atomic mass is 10.1. The van der Waals surface area contributed by atoms with Crippen LogP contribution in [-0.4, -0.2) is 14.8 Å². The summed E-state index contributed by atoms with van der Waals surface area (Å²) in [5.41, 5.74) is 0. The molecule has 1 heterocycles. The van der Waals surface area contributed by atoms with E-state index in [1.165, 1.54) is 25.7 Å². The molecule has 66 valence electrons. The summed E-state index contributed by atoms with van der Waals surface area (Å²) in [5, 5.41) is 3.00. The molecule has 1 aliphatic rings. The fourth-order valence-corrected chi connectivity index (χ4v) is 2.18. The number of aromatic nitrogens is 3. The number of nitrogens with zero attached hydrogens (tertiary/aromatic N) is 2. The Morgan fingerprint density at radius 2 is 2.17 bits per heavy atom. The van der Waals surface area contributed by atoms with Gasteiger partial charge in [0.05, 0.1) is 0 Å². The summed E-state index contributed by atoms with van der Waals surface area (Å²) in [5.74, 6) is 1.78. The first-order chi connectivity index (χ1) is 5.77. The molecule has 1 saturated carbocycles. The Kier molecular flexibility index (Phi) is 2.00. The highest BCUT2D eigenvalue weighted by Gasteiger charge is 2.20. The smallest absolute Gasteiger partial charge is 0.213 e. The minimum atomic E-state index is 0.611. The van der Waals surface area contributed by atoms with E-state index in [1.54, 1.807) is 0 Å². The van der Waals surface area contributed by atoms with E-state index in [4.69, 9.17) is 12.2 Å². The summed E-state index contributed by atoms with van der Waals surface area (Å²) in [4.78, 5) is 4.31.